The van der Waals surface area contributed by atoms with Crippen molar-refractivity contribution in [3.8, 4) is 11.5 Å². The number of nitro benzene ring substituents is 1. The van der Waals surface area contributed by atoms with Gasteiger partial charge in [0.05, 0.1) is 28.2 Å². The molecule has 1 aliphatic rings. The molecule has 39 heavy (non-hydrogen) atoms. The highest BCUT2D eigenvalue weighted by Crippen LogP contribution is 2.39. The number of methoxy groups -OCH3 is 1. The zero-order valence-corrected chi connectivity index (χ0v) is 22.0. The maximum Gasteiger partial charge on any atom is 0.416 e. The summed E-state index contributed by atoms with van der Waals surface area (Å²) in [6, 6.07) is 12.8. The van der Waals surface area contributed by atoms with Crippen LogP contribution in [0.2, 0.25) is 0 Å². The standard InChI is InChI=1S/C24H15F3N2O7S3/c1-35-19-11-14(9-10-18(19)36-39(33,34)21-8-3-2-7-17(21)29(31)32)12-20-22(30)28(23(37)38-20)16-6-4-5-15(13-16)24(25,26)27/h2-13H,1H3/b20-12+. The molecule has 0 aliphatic carbocycles. The van der Waals surface area contributed by atoms with Crippen LogP contribution in [0.5, 0.6) is 11.5 Å². The molecule has 1 amide bonds. The average molecular weight is 597 g/mol. The number of ether oxygens (including phenoxy) is 1. The average Bonchev–Trinajstić information content (AvgIpc) is 3.16. The summed E-state index contributed by atoms with van der Waals surface area (Å²) in [4.78, 5) is 23.8. The number of carbonyl (C=O) groups is 1. The minimum Gasteiger partial charge on any atom is -0.493 e. The molecule has 0 spiro atoms. The number of halogens is 3. The van der Waals surface area contributed by atoms with E-state index in [0.717, 1.165) is 40.9 Å². The van der Waals surface area contributed by atoms with Gasteiger partial charge in [-0.15, -0.1) is 0 Å². The van der Waals surface area contributed by atoms with E-state index in [1.807, 2.05) is 0 Å². The molecule has 1 heterocycles. The van der Waals surface area contributed by atoms with Crippen molar-refractivity contribution in [2.75, 3.05) is 12.0 Å². The largest absolute Gasteiger partial charge is 0.493 e. The molecule has 1 fully saturated rings. The van der Waals surface area contributed by atoms with Gasteiger partial charge in [0.25, 0.3) is 11.6 Å². The maximum atomic E-state index is 13.1. The van der Waals surface area contributed by atoms with Gasteiger partial charge in [0, 0.05) is 6.07 Å². The second-order valence-corrected chi connectivity index (χ2v) is 10.9. The number of carbonyl (C=O) groups excluding carboxylic acids is 1. The van der Waals surface area contributed by atoms with Crippen LogP contribution in [0.15, 0.2) is 76.5 Å². The Morgan fingerprint density at radius 1 is 1.05 bits per heavy atom. The van der Waals surface area contributed by atoms with E-state index in [1.54, 1.807) is 0 Å². The molecule has 0 atom stereocenters. The molecule has 0 radical (unpaired) electrons. The molecular weight excluding hydrogens is 581 g/mol. The molecule has 202 valence electrons. The van der Waals surface area contributed by atoms with E-state index in [2.05, 4.69) is 0 Å². The number of para-hydroxylation sites is 1. The van der Waals surface area contributed by atoms with Crippen molar-refractivity contribution >= 4 is 61.8 Å². The Balaban J connectivity index is 1.62. The van der Waals surface area contributed by atoms with E-state index in [0.29, 0.717) is 5.56 Å². The van der Waals surface area contributed by atoms with E-state index < -0.39 is 43.3 Å². The molecule has 9 nitrogen and oxygen atoms in total. The van der Waals surface area contributed by atoms with E-state index >= 15 is 0 Å². The quantitative estimate of drug-likeness (QED) is 0.110. The molecule has 0 saturated carbocycles. The van der Waals surface area contributed by atoms with Crippen LogP contribution in [0.4, 0.5) is 24.5 Å². The molecule has 3 aromatic carbocycles. The van der Waals surface area contributed by atoms with Gasteiger partial charge >= 0.3 is 16.3 Å². The lowest BCUT2D eigenvalue weighted by atomic mass is 10.1. The Hall–Kier alpha value is -3.95. The summed E-state index contributed by atoms with van der Waals surface area (Å²) in [6.45, 7) is 0. The van der Waals surface area contributed by atoms with Crippen LogP contribution in [-0.4, -0.2) is 30.7 Å². The molecule has 1 saturated heterocycles. The van der Waals surface area contributed by atoms with E-state index in [4.69, 9.17) is 21.1 Å². The molecule has 15 heteroatoms. The minimum absolute atomic E-state index is 0.0213. The topological polar surface area (TPSA) is 116 Å². The highest BCUT2D eigenvalue weighted by atomic mass is 32.2. The lowest BCUT2D eigenvalue weighted by Crippen LogP contribution is -2.27. The van der Waals surface area contributed by atoms with E-state index in [1.165, 1.54) is 55.7 Å². The van der Waals surface area contributed by atoms with Gasteiger partial charge in [0.2, 0.25) is 0 Å². The maximum absolute atomic E-state index is 13.1. The summed E-state index contributed by atoms with van der Waals surface area (Å²) in [5.74, 6) is -0.994. The predicted molar refractivity (Wildman–Crippen MR) is 141 cm³/mol. The van der Waals surface area contributed by atoms with Crippen LogP contribution < -0.4 is 13.8 Å². The van der Waals surface area contributed by atoms with Gasteiger partial charge in [-0.1, -0.05) is 48.2 Å². The minimum atomic E-state index is -4.62. The smallest absolute Gasteiger partial charge is 0.416 e. The summed E-state index contributed by atoms with van der Waals surface area (Å²) >= 11 is 6.09. The number of thioether (sulfide) groups is 1. The Morgan fingerprint density at radius 2 is 1.77 bits per heavy atom. The third-order valence-electron chi connectivity index (χ3n) is 5.24. The fourth-order valence-electron chi connectivity index (χ4n) is 3.49. The SMILES string of the molecule is COc1cc(/C=C2/SC(=S)N(c3cccc(C(F)(F)F)c3)C2=O)ccc1OS(=O)(=O)c1ccccc1[N+](=O)[O-]. The lowest BCUT2D eigenvalue weighted by molar-refractivity contribution is -0.387. The molecule has 4 rings (SSSR count). The summed E-state index contributed by atoms with van der Waals surface area (Å²) in [7, 11) is -3.39. The van der Waals surface area contributed by atoms with E-state index in [9.17, 15) is 36.5 Å². The van der Waals surface area contributed by atoms with Crippen molar-refractivity contribution in [2.24, 2.45) is 0 Å². The van der Waals surface area contributed by atoms with Gasteiger partial charge in [-0.25, -0.2) is 0 Å². The first-order valence-corrected chi connectivity index (χ1v) is 13.3. The van der Waals surface area contributed by atoms with Gasteiger partial charge in [-0.3, -0.25) is 19.8 Å². The number of benzene rings is 3. The summed E-state index contributed by atoms with van der Waals surface area (Å²) in [5.41, 5.74) is -1.30. The molecule has 0 N–H and O–H groups in total. The van der Waals surface area contributed by atoms with Crippen LogP contribution in [0.1, 0.15) is 11.1 Å². The number of amides is 1. The third-order valence-corrected chi connectivity index (χ3v) is 7.83. The molecule has 0 unspecified atom stereocenters. The fourth-order valence-corrected chi connectivity index (χ4v) is 5.90. The first kappa shape index (κ1) is 28.1. The number of alkyl halides is 3. The molecule has 1 aliphatic heterocycles. The molecule has 0 aromatic heterocycles. The van der Waals surface area contributed by atoms with Crippen LogP contribution in [0, 0.1) is 10.1 Å². The van der Waals surface area contributed by atoms with Crippen LogP contribution in [0.25, 0.3) is 6.08 Å². The Kier molecular flexibility index (Phi) is 7.68. The van der Waals surface area contributed by atoms with Crippen molar-refractivity contribution < 1.29 is 40.2 Å². The number of thiocarbonyl (C=S) groups is 1. The number of nitrogens with zero attached hydrogens (tertiary/aromatic N) is 2. The van der Waals surface area contributed by atoms with Crippen molar-refractivity contribution in [2.45, 2.75) is 11.1 Å². The van der Waals surface area contributed by atoms with Gasteiger partial charge in [-0.05, 0) is 48.0 Å². The van der Waals surface area contributed by atoms with Crippen molar-refractivity contribution in [1.82, 2.24) is 0 Å². The van der Waals surface area contributed by atoms with Crippen molar-refractivity contribution in [3.05, 3.63) is 92.9 Å². The van der Waals surface area contributed by atoms with Crippen molar-refractivity contribution in [3.63, 3.8) is 0 Å². The van der Waals surface area contributed by atoms with Gasteiger partial charge in [-0.2, -0.15) is 21.6 Å². The Labute approximate surface area is 229 Å². The Morgan fingerprint density at radius 3 is 2.44 bits per heavy atom. The van der Waals surface area contributed by atoms with Gasteiger partial charge in [0.1, 0.15) is 0 Å². The summed E-state index contributed by atoms with van der Waals surface area (Å²) in [5, 5.41) is 11.2. The second kappa shape index (κ2) is 10.7. The first-order chi connectivity index (χ1) is 18.3. The fraction of sp³-hybridized carbons (Fsp3) is 0.0833. The normalized spacial score (nSPS) is 15.1. The van der Waals surface area contributed by atoms with E-state index in [-0.39, 0.29) is 26.4 Å². The highest BCUT2D eigenvalue weighted by molar-refractivity contribution is 8.27. The van der Waals surface area contributed by atoms with Crippen LogP contribution in [0.3, 0.4) is 0 Å². The number of hydrogen-bond donors (Lipinski definition) is 0. The Bertz CT molecular complexity index is 1640. The first-order valence-electron chi connectivity index (χ1n) is 10.6. The molecular formula is C24H15F3N2O7S3. The van der Waals surface area contributed by atoms with Crippen LogP contribution in [-0.2, 0) is 21.1 Å². The van der Waals surface area contributed by atoms with Crippen LogP contribution >= 0.6 is 24.0 Å². The van der Waals surface area contributed by atoms with Gasteiger partial charge < -0.3 is 8.92 Å². The lowest BCUT2D eigenvalue weighted by Gasteiger charge is -2.16. The zero-order chi connectivity index (χ0) is 28.5. The molecule has 3 aromatic rings. The molecule has 0 bridgehead atoms. The number of hydrogen-bond acceptors (Lipinski definition) is 9. The summed E-state index contributed by atoms with van der Waals surface area (Å²) < 4.78 is 75.2. The number of nitro groups is 1. The second-order valence-electron chi connectivity index (χ2n) is 7.74. The third kappa shape index (κ3) is 5.89. The highest BCUT2D eigenvalue weighted by Gasteiger charge is 2.36. The monoisotopic (exact) mass is 596 g/mol. The van der Waals surface area contributed by atoms with Crippen molar-refractivity contribution in [1.29, 1.82) is 0 Å². The zero-order valence-electron chi connectivity index (χ0n) is 19.5. The summed E-state index contributed by atoms with van der Waals surface area (Å²) in [6.07, 6.45) is -3.21. The number of rotatable bonds is 7. The predicted octanol–water partition coefficient (Wildman–Crippen LogP) is 5.80. The van der Waals surface area contributed by atoms with Gasteiger partial charge in [0.15, 0.2) is 20.7 Å². The number of anilines is 1.